The second-order valence-corrected chi connectivity index (χ2v) is 7.85. The quantitative estimate of drug-likeness (QED) is 0.192. The molecule has 0 saturated heterocycles. The van der Waals surface area contributed by atoms with Gasteiger partial charge in [-0.15, -0.1) is 0 Å². The Labute approximate surface area is 196 Å². The molecule has 0 aromatic heterocycles. The molecule has 0 saturated carbocycles. The normalized spacial score (nSPS) is 10.7. The molecule has 31 heavy (non-hydrogen) atoms. The smallest absolute Gasteiger partial charge is 0.345 e. The highest BCUT2D eigenvalue weighted by Gasteiger charge is 2.14. The first-order valence-electron chi connectivity index (χ1n) is 8.89. The molecule has 3 aromatic rings. The summed E-state index contributed by atoms with van der Waals surface area (Å²) in [6, 6.07) is 18.3. The number of carbonyl (C=O) groups is 2. The number of nitrogens with zero attached hydrogens (tertiary/aromatic N) is 1. The second kappa shape index (κ2) is 10.9. The predicted molar refractivity (Wildman–Crippen MR) is 123 cm³/mol. The maximum absolute atomic E-state index is 12.4. The Balaban J connectivity index is 1.63. The van der Waals surface area contributed by atoms with Crippen molar-refractivity contribution in [1.29, 1.82) is 0 Å². The van der Waals surface area contributed by atoms with Crippen LogP contribution < -0.4 is 14.9 Å². The number of esters is 1. The van der Waals surface area contributed by atoms with E-state index in [9.17, 15) is 9.59 Å². The fourth-order valence-electron chi connectivity index (χ4n) is 2.41. The van der Waals surface area contributed by atoms with E-state index in [1.807, 2.05) is 0 Å². The molecule has 0 unspecified atom stereocenters. The van der Waals surface area contributed by atoms with Crippen molar-refractivity contribution in [3.63, 3.8) is 0 Å². The highest BCUT2D eigenvalue weighted by Crippen LogP contribution is 2.24. The molecule has 9 heteroatoms. The van der Waals surface area contributed by atoms with E-state index in [1.54, 1.807) is 66.7 Å². The third-order valence-electron chi connectivity index (χ3n) is 3.83. The number of amides is 1. The number of ether oxygens (including phenoxy) is 2. The van der Waals surface area contributed by atoms with Crippen LogP contribution in [-0.4, -0.2) is 24.7 Å². The molecule has 0 heterocycles. The van der Waals surface area contributed by atoms with Gasteiger partial charge in [0, 0.05) is 15.1 Å². The van der Waals surface area contributed by atoms with Crippen molar-refractivity contribution in [3.05, 3.63) is 92.4 Å². The van der Waals surface area contributed by atoms with Crippen molar-refractivity contribution in [3.8, 4) is 11.5 Å². The number of carbonyl (C=O) groups excluding carboxylic acids is 2. The van der Waals surface area contributed by atoms with Crippen molar-refractivity contribution < 1.29 is 19.1 Å². The summed E-state index contributed by atoms with van der Waals surface area (Å²) in [5.41, 5.74) is 3.05. The van der Waals surface area contributed by atoms with Crippen molar-refractivity contribution in [2.24, 2.45) is 5.10 Å². The summed E-state index contributed by atoms with van der Waals surface area (Å²) in [7, 11) is 0. The van der Waals surface area contributed by atoms with Gasteiger partial charge in [0.1, 0.15) is 11.5 Å². The van der Waals surface area contributed by atoms with Gasteiger partial charge in [-0.1, -0.05) is 57.3 Å². The zero-order valence-corrected chi connectivity index (χ0v) is 18.9. The van der Waals surface area contributed by atoms with Crippen molar-refractivity contribution >= 4 is 57.2 Å². The Hall–Kier alpha value is -2.87. The van der Waals surface area contributed by atoms with Crippen LogP contribution in [-0.2, 0) is 4.79 Å². The number of hydrogen-bond acceptors (Lipinski definition) is 5. The molecule has 3 rings (SSSR count). The van der Waals surface area contributed by atoms with Gasteiger partial charge in [0.2, 0.25) is 0 Å². The molecule has 1 N–H and O–H groups in total. The molecular weight excluding hydrogens is 507 g/mol. The summed E-state index contributed by atoms with van der Waals surface area (Å²) < 4.78 is 11.5. The number of benzene rings is 3. The lowest BCUT2D eigenvalue weighted by Gasteiger charge is -2.09. The first kappa shape index (κ1) is 22.8. The molecular formula is C22H15BrCl2N2O4. The van der Waals surface area contributed by atoms with Crippen molar-refractivity contribution in [2.45, 2.75) is 0 Å². The monoisotopic (exact) mass is 520 g/mol. The van der Waals surface area contributed by atoms with Gasteiger partial charge in [-0.2, -0.15) is 5.10 Å². The van der Waals surface area contributed by atoms with Gasteiger partial charge in [0.15, 0.2) is 6.61 Å². The number of rotatable bonds is 7. The van der Waals surface area contributed by atoms with E-state index in [2.05, 4.69) is 26.5 Å². The van der Waals surface area contributed by atoms with Gasteiger partial charge in [-0.3, -0.25) is 4.79 Å². The largest absolute Gasteiger partial charge is 0.484 e. The van der Waals surface area contributed by atoms with E-state index in [1.165, 1.54) is 6.21 Å². The highest BCUT2D eigenvalue weighted by atomic mass is 79.9. The Bertz CT molecular complexity index is 1140. The minimum atomic E-state index is -0.610. The van der Waals surface area contributed by atoms with E-state index >= 15 is 0 Å². The third-order valence-corrected chi connectivity index (χ3v) is 4.89. The Kier molecular flexibility index (Phi) is 8.06. The number of nitrogens with one attached hydrogen (secondary N) is 1. The zero-order chi connectivity index (χ0) is 22.2. The van der Waals surface area contributed by atoms with Gasteiger partial charge in [0.05, 0.1) is 16.8 Å². The molecule has 0 spiro atoms. The van der Waals surface area contributed by atoms with Crippen LogP contribution in [0.1, 0.15) is 15.9 Å². The summed E-state index contributed by atoms with van der Waals surface area (Å²) in [6.07, 6.45) is 1.36. The summed E-state index contributed by atoms with van der Waals surface area (Å²) in [4.78, 5) is 24.4. The minimum Gasteiger partial charge on any atom is -0.484 e. The fourth-order valence-corrected chi connectivity index (χ4v) is 3.18. The molecule has 158 valence electrons. The highest BCUT2D eigenvalue weighted by molar-refractivity contribution is 9.10. The standard InChI is InChI=1S/C22H15BrCl2N2O4/c23-15-8-9-20(31-22(29)18-6-1-2-7-19(18)25)14(10-15)12-26-27-21(28)13-30-17-5-3-4-16(24)11-17/h1-12H,13H2,(H,27,28)/b26-12+. The lowest BCUT2D eigenvalue weighted by molar-refractivity contribution is -0.123. The average molecular weight is 522 g/mol. The number of hydrogen-bond donors (Lipinski definition) is 1. The summed E-state index contributed by atoms with van der Waals surface area (Å²) in [6.45, 7) is -0.246. The van der Waals surface area contributed by atoms with E-state index < -0.39 is 11.9 Å². The number of hydrazone groups is 1. The Morgan fingerprint density at radius 3 is 2.61 bits per heavy atom. The van der Waals surface area contributed by atoms with Crippen molar-refractivity contribution in [1.82, 2.24) is 5.43 Å². The zero-order valence-electron chi connectivity index (χ0n) is 15.8. The first-order valence-corrected chi connectivity index (χ1v) is 10.4. The van der Waals surface area contributed by atoms with Crippen LogP contribution in [0.2, 0.25) is 10.0 Å². The van der Waals surface area contributed by atoms with E-state index in [0.29, 0.717) is 16.3 Å². The molecule has 0 bridgehead atoms. The third kappa shape index (κ3) is 6.82. The maximum atomic E-state index is 12.4. The predicted octanol–water partition coefficient (Wildman–Crippen LogP) is 5.50. The first-order chi connectivity index (χ1) is 14.9. The van der Waals surface area contributed by atoms with Crippen LogP contribution >= 0.6 is 39.1 Å². The summed E-state index contributed by atoms with van der Waals surface area (Å²) in [5.74, 6) is -0.365. The van der Waals surface area contributed by atoms with Crippen LogP contribution in [0.5, 0.6) is 11.5 Å². The fraction of sp³-hybridized carbons (Fsp3) is 0.0455. The molecule has 0 radical (unpaired) electrons. The molecule has 0 aliphatic carbocycles. The second-order valence-electron chi connectivity index (χ2n) is 6.09. The molecule has 3 aromatic carbocycles. The molecule has 0 aliphatic rings. The summed E-state index contributed by atoms with van der Waals surface area (Å²) >= 11 is 15.3. The van der Waals surface area contributed by atoms with Crippen molar-refractivity contribution in [2.75, 3.05) is 6.61 Å². The van der Waals surface area contributed by atoms with E-state index in [-0.39, 0.29) is 22.9 Å². The molecule has 0 atom stereocenters. The van der Waals surface area contributed by atoms with Gasteiger partial charge >= 0.3 is 5.97 Å². The molecule has 1 amide bonds. The lowest BCUT2D eigenvalue weighted by atomic mass is 10.2. The number of halogens is 3. The topological polar surface area (TPSA) is 77.0 Å². The van der Waals surface area contributed by atoms with E-state index in [4.69, 9.17) is 32.7 Å². The van der Waals surface area contributed by atoms with Gasteiger partial charge < -0.3 is 9.47 Å². The SMILES string of the molecule is O=C(COc1cccc(Cl)c1)N/N=C/c1cc(Br)ccc1OC(=O)c1ccccc1Cl. The minimum absolute atomic E-state index is 0.237. The van der Waals surface area contributed by atoms with Gasteiger partial charge in [0.25, 0.3) is 5.91 Å². The molecule has 6 nitrogen and oxygen atoms in total. The molecule has 0 aliphatic heterocycles. The van der Waals surface area contributed by atoms with Crippen LogP contribution in [0.25, 0.3) is 0 Å². The van der Waals surface area contributed by atoms with Gasteiger partial charge in [-0.25, -0.2) is 10.2 Å². The van der Waals surface area contributed by atoms with Crippen LogP contribution in [0.3, 0.4) is 0 Å². The van der Waals surface area contributed by atoms with Crippen LogP contribution in [0, 0.1) is 0 Å². The van der Waals surface area contributed by atoms with E-state index in [0.717, 1.165) is 4.47 Å². The van der Waals surface area contributed by atoms with Crippen LogP contribution in [0.4, 0.5) is 0 Å². The Morgan fingerprint density at radius 1 is 1.03 bits per heavy atom. The lowest BCUT2D eigenvalue weighted by Crippen LogP contribution is -2.24. The van der Waals surface area contributed by atoms with Crippen LogP contribution in [0.15, 0.2) is 76.3 Å². The maximum Gasteiger partial charge on any atom is 0.345 e. The summed E-state index contributed by atoms with van der Waals surface area (Å²) in [5, 5.41) is 4.69. The average Bonchev–Trinajstić information content (AvgIpc) is 2.74. The van der Waals surface area contributed by atoms with Gasteiger partial charge in [-0.05, 0) is 48.5 Å². The Morgan fingerprint density at radius 2 is 1.84 bits per heavy atom. The molecule has 0 fully saturated rings.